The highest BCUT2D eigenvalue weighted by Crippen LogP contribution is 2.07. The largest absolute Gasteiger partial charge is 0.354 e. The summed E-state index contributed by atoms with van der Waals surface area (Å²) in [6, 6.07) is 1.19. The van der Waals surface area contributed by atoms with Crippen molar-refractivity contribution in [2.75, 3.05) is 13.7 Å². The number of hydrogen-bond acceptors (Lipinski definition) is 3. The standard InChI is InChI=1S/C9H14N3O3P.C2H6/c1-4-11-7(13)5-6(8(14)10-2)12(16-3)9(11)15;1-2/h5,16H,4H2,1-3H3,(H,10,14);1-2H3. The van der Waals surface area contributed by atoms with Crippen molar-refractivity contribution < 1.29 is 4.79 Å². The van der Waals surface area contributed by atoms with E-state index in [-0.39, 0.29) is 14.4 Å². The van der Waals surface area contributed by atoms with Crippen LogP contribution in [0, 0.1) is 0 Å². The zero-order chi connectivity index (χ0) is 14.3. The number of carbonyl (C=O) groups excluding carboxylic acids is 1. The Hall–Kier alpha value is -1.42. The van der Waals surface area contributed by atoms with E-state index in [0.717, 1.165) is 4.57 Å². The molecule has 0 bridgehead atoms. The van der Waals surface area contributed by atoms with Crippen LogP contribution in [0.3, 0.4) is 0 Å². The van der Waals surface area contributed by atoms with Gasteiger partial charge in [-0.3, -0.25) is 18.5 Å². The highest BCUT2D eigenvalue weighted by atomic mass is 31.1. The first-order valence-electron chi connectivity index (χ1n) is 5.83. The van der Waals surface area contributed by atoms with Gasteiger partial charge in [0.05, 0.1) is 0 Å². The van der Waals surface area contributed by atoms with Gasteiger partial charge in [0.25, 0.3) is 11.5 Å². The van der Waals surface area contributed by atoms with Crippen LogP contribution in [-0.2, 0) is 6.54 Å². The highest BCUT2D eigenvalue weighted by Gasteiger charge is 2.14. The van der Waals surface area contributed by atoms with E-state index >= 15 is 0 Å². The zero-order valence-corrected chi connectivity index (χ0v) is 12.4. The summed E-state index contributed by atoms with van der Waals surface area (Å²) in [4.78, 5) is 34.9. The van der Waals surface area contributed by atoms with E-state index in [4.69, 9.17) is 0 Å². The molecule has 1 N–H and O–H groups in total. The van der Waals surface area contributed by atoms with Crippen molar-refractivity contribution >= 4 is 14.6 Å². The molecule has 1 rings (SSSR count). The van der Waals surface area contributed by atoms with E-state index in [0.29, 0.717) is 6.54 Å². The van der Waals surface area contributed by atoms with Crippen molar-refractivity contribution in [2.45, 2.75) is 27.3 Å². The Kier molecular flexibility index (Phi) is 7.20. The molecule has 1 atom stereocenters. The van der Waals surface area contributed by atoms with Gasteiger partial charge < -0.3 is 5.32 Å². The Morgan fingerprint density at radius 2 is 1.94 bits per heavy atom. The fourth-order valence-electron chi connectivity index (χ4n) is 1.38. The molecule has 1 aromatic heterocycles. The molecule has 1 unspecified atom stereocenters. The Morgan fingerprint density at radius 1 is 1.39 bits per heavy atom. The predicted octanol–water partition coefficient (Wildman–Crippen LogP) is 0.487. The fourth-order valence-corrected chi connectivity index (χ4v) is 2.10. The minimum absolute atomic E-state index is 0.103. The van der Waals surface area contributed by atoms with Crippen LogP contribution in [-0.4, -0.2) is 28.5 Å². The van der Waals surface area contributed by atoms with E-state index in [9.17, 15) is 14.4 Å². The maximum Gasteiger partial charge on any atom is 0.334 e. The normalized spacial score (nSPS) is 10.1. The summed E-state index contributed by atoms with van der Waals surface area (Å²) in [7, 11) is 1.56. The molecule has 0 radical (unpaired) electrons. The molecule has 7 heteroatoms. The second-order valence-electron chi connectivity index (χ2n) is 3.03. The van der Waals surface area contributed by atoms with E-state index in [1.54, 1.807) is 13.6 Å². The fraction of sp³-hybridized carbons (Fsp3) is 0.545. The Bertz CT molecular complexity index is 519. The van der Waals surface area contributed by atoms with Crippen molar-refractivity contribution in [3.8, 4) is 0 Å². The average molecular weight is 273 g/mol. The topological polar surface area (TPSA) is 73.1 Å². The van der Waals surface area contributed by atoms with Gasteiger partial charge in [0.2, 0.25) is 0 Å². The summed E-state index contributed by atoms with van der Waals surface area (Å²) in [5.41, 5.74) is -0.766. The summed E-state index contributed by atoms with van der Waals surface area (Å²) in [5, 5.41) is 2.41. The molecule has 1 heterocycles. The Balaban J connectivity index is 0.00000137. The molecule has 102 valence electrons. The Morgan fingerprint density at radius 3 is 2.33 bits per heavy atom. The third-order valence-electron chi connectivity index (χ3n) is 2.19. The molecule has 6 nitrogen and oxygen atoms in total. The van der Waals surface area contributed by atoms with Gasteiger partial charge in [0, 0.05) is 19.7 Å². The number of hydrogen-bond donors (Lipinski definition) is 1. The van der Waals surface area contributed by atoms with Gasteiger partial charge >= 0.3 is 5.69 Å². The molecule has 0 aromatic carbocycles. The minimum atomic E-state index is -0.444. The molecule has 0 spiro atoms. The van der Waals surface area contributed by atoms with Crippen molar-refractivity contribution in [1.82, 2.24) is 14.2 Å². The SMILES string of the molecule is CC.CCn1c(=O)cc(C(=O)NC)n(PC)c1=O. The second-order valence-corrected chi connectivity index (χ2v) is 3.93. The van der Waals surface area contributed by atoms with Crippen LogP contribution in [0.15, 0.2) is 15.7 Å². The Labute approximate surface area is 108 Å². The molecular weight excluding hydrogens is 253 g/mol. The molecule has 0 saturated heterocycles. The number of rotatable bonds is 3. The van der Waals surface area contributed by atoms with Crippen LogP contribution >= 0.6 is 8.73 Å². The molecule has 18 heavy (non-hydrogen) atoms. The van der Waals surface area contributed by atoms with Gasteiger partial charge in [-0.1, -0.05) is 13.8 Å². The lowest BCUT2D eigenvalue weighted by atomic mass is 10.4. The lowest BCUT2D eigenvalue weighted by Crippen LogP contribution is -2.40. The lowest BCUT2D eigenvalue weighted by molar-refractivity contribution is 0.0956. The smallest absolute Gasteiger partial charge is 0.334 e. The maximum absolute atomic E-state index is 11.8. The van der Waals surface area contributed by atoms with Crippen molar-refractivity contribution in [1.29, 1.82) is 0 Å². The van der Waals surface area contributed by atoms with Gasteiger partial charge in [-0.2, -0.15) is 0 Å². The molecular formula is C11H20N3O3P. The van der Waals surface area contributed by atoms with Crippen molar-refractivity contribution in [2.24, 2.45) is 0 Å². The summed E-state index contributed by atoms with van der Waals surface area (Å²) in [5.74, 6) is -0.424. The summed E-state index contributed by atoms with van der Waals surface area (Å²) < 4.78 is 2.41. The van der Waals surface area contributed by atoms with E-state index in [2.05, 4.69) is 5.32 Å². The van der Waals surface area contributed by atoms with E-state index < -0.39 is 17.2 Å². The number of carbonyl (C=O) groups is 1. The molecule has 1 amide bonds. The number of nitrogens with one attached hydrogen (secondary N) is 1. The van der Waals surface area contributed by atoms with Crippen LogP contribution in [0.1, 0.15) is 31.3 Å². The monoisotopic (exact) mass is 273 g/mol. The van der Waals surface area contributed by atoms with E-state index in [1.807, 2.05) is 13.8 Å². The molecule has 0 aliphatic rings. The third-order valence-corrected chi connectivity index (χ3v) is 3.07. The van der Waals surface area contributed by atoms with Crippen molar-refractivity contribution in [3.05, 3.63) is 32.6 Å². The third kappa shape index (κ3) is 3.29. The summed E-state index contributed by atoms with van der Waals surface area (Å²) >= 11 is 0. The molecule has 0 aliphatic carbocycles. The van der Waals surface area contributed by atoms with Gasteiger partial charge in [-0.15, -0.1) is 0 Å². The molecule has 0 fully saturated rings. The van der Waals surface area contributed by atoms with Gasteiger partial charge in [0.15, 0.2) is 0 Å². The average Bonchev–Trinajstić information content (AvgIpc) is 2.40. The van der Waals surface area contributed by atoms with Crippen molar-refractivity contribution in [3.63, 3.8) is 0 Å². The second kappa shape index (κ2) is 7.82. The van der Waals surface area contributed by atoms with Gasteiger partial charge in [-0.05, 0) is 22.3 Å². The van der Waals surface area contributed by atoms with E-state index in [1.165, 1.54) is 17.5 Å². The summed E-state index contributed by atoms with van der Waals surface area (Å²) in [6.07, 6.45) is 0. The van der Waals surface area contributed by atoms with Crippen LogP contribution in [0.5, 0.6) is 0 Å². The summed E-state index contributed by atoms with van der Waals surface area (Å²) in [6.45, 7) is 7.79. The minimum Gasteiger partial charge on any atom is -0.354 e. The molecule has 0 saturated carbocycles. The first kappa shape index (κ1) is 16.6. The highest BCUT2D eigenvalue weighted by molar-refractivity contribution is 7.35. The predicted molar refractivity (Wildman–Crippen MR) is 75.0 cm³/mol. The maximum atomic E-state index is 11.8. The lowest BCUT2D eigenvalue weighted by Gasteiger charge is -2.11. The number of amides is 1. The molecule has 1 aromatic rings. The van der Waals surface area contributed by atoms with Gasteiger partial charge in [-0.25, -0.2) is 4.79 Å². The quantitative estimate of drug-likeness (QED) is 0.814. The molecule has 0 aliphatic heterocycles. The number of aromatic nitrogens is 2. The van der Waals surface area contributed by atoms with Crippen LogP contribution in [0.25, 0.3) is 0 Å². The first-order chi connectivity index (χ1) is 8.56. The number of nitrogens with zero attached hydrogens (tertiary/aromatic N) is 2. The zero-order valence-electron chi connectivity index (χ0n) is 11.4. The van der Waals surface area contributed by atoms with Crippen LogP contribution in [0.2, 0.25) is 0 Å². The van der Waals surface area contributed by atoms with Crippen LogP contribution < -0.4 is 16.6 Å². The van der Waals surface area contributed by atoms with Gasteiger partial charge in [0.1, 0.15) is 5.69 Å². The van der Waals surface area contributed by atoms with Crippen LogP contribution in [0.4, 0.5) is 0 Å². The first-order valence-corrected chi connectivity index (χ1v) is 7.28.